The SMILES string of the molecule is CC(C)(C)c1cc(S(=O)(=O)c2ccc(O)cc2)ccc1O. The highest BCUT2D eigenvalue weighted by Gasteiger charge is 2.23. The van der Waals surface area contributed by atoms with E-state index in [9.17, 15) is 18.6 Å². The third-order valence-electron chi connectivity index (χ3n) is 3.23. The van der Waals surface area contributed by atoms with E-state index < -0.39 is 9.84 Å². The van der Waals surface area contributed by atoms with Gasteiger partial charge >= 0.3 is 0 Å². The van der Waals surface area contributed by atoms with Crippen molar-refractivity contribution in [1.29, 1.82) is 0 Å². The van der Waals surface area contributed by atoms with E-state index in [0.717, 1.165) is 0 Å². The molecular formula is C16H18O4S. The molecule has 0 aromatic heterocycles. The maximum atomic E-state index is 12.6. The Morgan fingerprint density at radius 2 is 1.38 bits per heavy atom. The number of hydrogen-bond donors (Lipinski definition) is 2. The van der Waals surface area contributed by atoms with Gasteiger partial charge in [0, 0.05) is 5.56 Å². The van der Waals surface area contributed by atoms with E-state index in [1.54, 1.807) is 0 Å². The average molecular weight is 306 g/mol. The van der Waals surface area contributed by atoms with Crippen molar-refractivity contribution < 1.29 is 18.6 Å². The second kappa shape index (κ2) is 5.07. The summed E-state index contributed by atoms with van der Waals surface area (Å²) in [6.45, 7) is 5.71. The van der Waals surface area contributed by atoms with Gasteiger partial charge in [-0.2, -0.15) is 0 Å². The molecule has 0 radical (unpaired) electrons. The van der Waals surface area contributed by atoms with Gasteiger partial charge in [-0.25, -0.2) is 8.42 Å². The van der Waals surface area contributed by atoms with Gasteiger partial charge in [-0.05, 0) is 47.9 Å². The van der Waals surface area contributed by atoms with Gasteiger partial charge < -0.3 is 10.2 Å². The molecule has 2 aromatic carbocycles. The van der Waals surface area contributed by atoms with Gasteiger partial charge in [0.25, 0.3) is 0 Å². The van der Waals surface area contributed by atoms with Crippen LogP contribution in [0.3, 0.4) is 0 Å². The van der Waals surface area contributed by atoms with Crippen molar-refractivity contribution in [3.8, 4) is 11.5 Å². The van der Waals surface area contributed by atoms with Gasteiger partial charge in [0.1, 0.15) is 11.5 Å². The first-order valence-corrected chi connectivity index (χ1v) is 7.98. The summed E-state index contributed by atoms with van der Waals surface area (Å²) in [5, 5.41) is 19.2. The van der Waals surface area contributed by atoms with Gasteiger partial charge in [-0.3, -0.25) is 0 Å². The van der Waals surface area contributed by atoms with E-state index in [2.05, 4.69) is 0 Å². The molecule has 0 unspecified atom stereocenters. The minimum atomic E-state index is -3.68. The van der Waals surface area contributed by atoms with Crippen LogP contribution in [-0.4, -0.2) is 18.6 Å². The number of hydrogen-bond acceptors (Lipinski definition) is 4. The van der Waals surface area contributed by atoms with Crippen LogP contribution in [0.15, 0.2) is 52.3 Å². The van der Waals surface area contributed by atoms with Crippen molar-refractivity contribution in [2.45, 2.75) is 36.0 Å². The first-order valence-electron chi connectivity index (χ1n) is 6.50. The summed E-state index contributed by atoms with van der Waals surface area (Å²) in [5.74, 6) is 0.0854. The molecular weight excluding hydrogens is 288 g/mol. The first kappa shape index (κ1) is 15.4. The number of phenolic OH excluding ortho intramolecular Hbond substituents is 2. The van der Waals surface area contributed by atoms with Gasteiger partial charge in [0.15, 0.2) is 0 Å². The topological polar surface area (TPSA) is 74.6 Å². The lowest BCUT2D eigenvalue weighted by Crippen LogP contribution is -2.13. The van der Waals surface area contributed by atoms with E-state index >= 15 is 0 Å². The Bertz CT molecular complexity index is 754. The molecule has 0 heterocycles. The second-order valence-corrected chi connectivity index (χ2v) is 7.88. The molecule has 112 valence electrons. The molecule has 0 aliphatic carbocycles. The molecule has 0 bridgehead atoms. The summed E-state index contributed by atoms with van der Waals surface area (Å²) in [4.78, 5) is 0.224. The van der Waals surface area contributed by atoms with Crippen LogP contribution in [0.1, 0.15) is 26.3 Å². The Labute approximate surface area is 124 Å². The van der Waals surface area contributed by atoms with Crippen LogP contribution in [0.25, 0.3) is 0 Å². The molecule has 5 heteroatoms. The molecule has 2 N–H and O–H groups in total. The van der Waals surface area contributed by atoms with Crippen molar-refractivity contribution in [2.75, 3.05) is 0 Å². The van der Waals surface area contributed by atoms with Crippen LogP contribution >= 0.6 is 0 Å². The van der Waals surface area contributed by atoms with Crippen LogP contribution in [0.2, 0.25) is 0 Å². The van der Waals surface area contributed by atoms with Crippen LogP contribution in [0, 0.1) is 0 Å². The molecule has 0 saturated heterocycles. The number of sulfone groups is 1. The molecule has 0 saturated carbocycles. The van der Waals surface area contributed by atoms with Crippen molar-refractivity contribution in [3.05, 3.63) is 48.0 Å². The predicted octanol–water partition coefficient (Wildman–Crippen LogP) is 3.23. The Morgan fingerprint density at radius 1 is 0.857 bits per heavy atom. The molecule has 0 amide bonds. The van der Waals surface area contributed by atoms with E-state index in [4.69, 9.17) is 0 Å². The molecule has 0 spiro atoms. The lowest BCUT2D eigenvalue weighted by molar-refractivity contribution is 0.445. The largest absolute Gasteiger partial charge is 0.508 e. The molecule has 2 aromatic rings. The van der Waals surface area contributed by atoms with E-state index in [1.165, 1.54) is 42.5 Å². The first-order chi connectivity index (χ1) is 9.62. The summed E-state index contributed by atoms with van der Waals surface area (Å²) in [5.41, 5.74) is 0.201. The zero-order chi connectivity index (χ0) is 15.8. The molecule has 0 atom stereocenters. The van der Waals surface area contributed by atoms with Crippen LogP contribution in [-0.2, 0) is 15.3 Å². The van der Waals surface area contributed by atoms with E-state index in [1.807, 2.05) is 20.8 Å². The fraction of sp³-hybridized carbons (Fsp3) is 0.250. The monoisotopic (exact) mass is 306 g/mol. The molecule has 0 fully saturated rings. The summed E-state index contributed by atoms with van der Waals surface area (Å²) < 4.78 is 25.1. The minimum absolute atomic E-state index is 0.00929. The quantitative estimate of drug-likeness (QED) is 0.893. The lowest BCUT2D eigenvalue weighted by Gasteiger charge is -2.21. The fourth-order valence-electron chi connectivity index (χ4n) is 2.04. The maximum Gasteiger partial charge on any atom is 0.206 e. The van der Waals surface area contributed by atoms with Crippen molar-refractivity contribution in [1.82, 2.24) is 0 Å². The summed E-state index contributed by atoms with van der Waals surface area (Å²) in [7, 11) is -3.68. The van der Waals surface area contributed by atoms with Crippen molar-refractivity contribution in [3.63, 3.8) is 0 Å². The van der Waals surface area contributed by atoms with Gasteiger partial charge in [-0.15, -0.1) is 0 Å². The lowest BCUT2D eigenvalue weighted by atomic mass is 9.86. The summed E-state index contributed by atoms with van der Waals surface area (Å²) in [6.07, 6.45) is 0. The Morgan fingerprint density at radius 3 is 1.90 bits per heavy atom. The van der Waals surface area contributed by atoms with Crippen LogP contribution < -0.4 is 0 Å². The maximum absolute atomic E-state index is 12.6. The average Bonchev–Trinajstić information content (AvgIpc) is 2.38. The predicted molar refractivity (Wildman–Crippen MR) is 80.4 cm³/mol. The van der Waals surface area contributed by atoms with Crippen LogP contribution in [0.4, 0.5) is 0 Å². The molecule has 21 heavy (non-hydrogen) atoms. The molecule has 0 aliphatic rings. The van der Waals surface area contributed by atoms with Gasteiger partial charge in [0.2, 0.25) is 9.84 Å². The zero-order valence-corrected chi connectivity index (χ0v) is 13.0. The Balaban J connectivity index is 2.58. The molecule has 4 nitrogen and oxygen atoms in total. The third-order valence-corrected chi connectivity index (χ3v) is 5.00. The smallest absolute Gasteiger partial charge is 0.206 e. The third kappa shape index (κ3) is 3.03. The highest BCUT2D eigenvalue weighted by molar-refractivity contribution is 7.91. The summed E-state index contributed by atoms with van der Waals surface area (Å²) in [6, 6.07) is 9.65. The highest BCUT2D eigenvalue weighted by Crippen LogP contribution is 2.34. The van der Waals surface area contributed by atoms with E-state index in [0.29, 0.717) is 5.56 Å². The summed E-state index contributed by atoms with van der Waals surface area (Å²) >= 11 is 0. The van der Waals surface area contributed by atoms with E-state index in [-0.39, 0.29) is 26.7 Å². The normalized spacial score (nSPS) is 12.3. The van der Waals surface area contributed by atoms with Crippen LogP contribution in [0.5, 0.6) is 11.5 Å². The molecule has 2 rings (SSSR count). The zero-order valence-electron chi connectivity index (χ0n) is 12.2. The molecule has 0 aliphatic heterocycles. The standard InChI is InChI=1S/C16H18O4S/c1-16(2,3)14-10-13(8-9-15(14)18)21(19,20)12-6-4-11(17)5-7-12/h4-10,17-18H,1-3H3. The number of phenols is 2. The number of benzene rings is 2. The fourth-order valence-corrected chi connectivity index (χ4v) is 3.33. The van der Waals surface area contributed by atoms with Crippen molar-refractivity contribution >= 4 is 9.84 Å². The highest BCUT2D eigenvalue weighted by atomic mass is 32.2. The minimum Gasteiger partial charge on any atom is -0.508 e. The number of rotatable bonds is 2. The van der Waals surface area contributed by atoms with Gasteiger partial charge in [0.05, 0.1) is 9.79 Å². The van der Waals surface area contributed by atoms with Gasteiger partial charge in [-0.1, -0.05) is 20.8 Å². The Hall–Kier alpha value is -2.01. The second-order valence-electron chi connectivity index (χ2n) is 5.93. The number of aromatic hydroxyl groups is 2. The Kier molecular flexibility index (Phi) is 3.72. The van der Waals surface area contributed by atoms with Crippen molar-refractivity contribution in [2.24, 2.45) is 0 Å².